The van der Waals surface area contributed by atoms with E-state index in [1.165, 1.54) is 18.4 Å². The molecule has 168 valence electrons. The van der Waals surface area contributed by atoms with Gasteiger partial charge in [-0.15, -0.1) is 11.3 Å². The van der Waals surface area contributed by atoms with Gasteiger partial charge in [0.2, 0.25) is 0 Å². The molecule has 0 spiro atoms. The summed E-state index contributed by atoms with van der Waals surface area (Å²) in [5.41, 5.74) is 4.18. The second-order valence-electron chi connectivity index (χ2n) is 7.94. The van der Waals surface area contributed by atoms with Crippen LogP contribution in [-0.2, 0) is 24.2 Å². The van der Waals surface area contributed by atoms with Gasteiger partial charge in [0, 0.05) is 4.88 Å². The first-order chi connectivity index (χ1) is 15.4. The Morgan fingerprint density at radius 1 is 1.16 bits per heavy atom. The zero-order chi connectivity index (χ0) is 22.8. The lowest BCUT2D eigenvalue weighted by molar-refractivity contribution is 0.0601. The van der Waals surface area contributed by atoms with Crippen molar-refractivity contribution in [1.29, 1.82) is 0 Å². The van der Waals surface area contributed by atoms with Crippen LogP contribution in [0.5, 0.6) is 5.75 Å². The number of carbonyl (C=O) groups excluding carboxylic acids is 2. The zero-order valence-corrected chi connectivity index (χ0v) is 19.5. The average Bonchev–Trinajstić information content (AvgIpc) is 3.32. The summed E-state index contributed by atoms with van der Waals surface area (Å²) in [5.74, 6) is 0.416. The van der Waals surface area contributed by atoms with Gasteiger partial charge in [0.1, 0.15) is 23.1 Å². The molecule has 0 fully saturated rings. The molecular formula is C24H26N2O5S. The predicted molar refractivity (Wildman–Crippen MR) is 122 cm³/mol. The van der Waals surface area contributed by atoms with Crippen LogP contribution >= 0.6 is 11.3 Å². The van der Waals surface area contributed by atoms with Gasteiger partial charge in [-0.2, -0.15) is 0 Å². The molecule has 2 aromatic heterocycles. The number of aryl methyl sites for hydroxylation is 4. The molecule has 0 bridgehead atoms. The van der Waals surface area contributed by atoms with E-state index in [9.17, 15) is 9.59 Å². The van der Waals surface area contributed by atoms with E-state index in [2.05, 4.69) is 10.5 Å². The normalized spacial score (nSPS) is 12.9. The summed E-state index contributed by atoms with van der Waals surface area (Å²) in [4.78, 5) is 26.7. The number of esters is 1. The minimum atomic E-state index is -0.439. The minimum absolute atomic E-state index is 0.147. The Morgan fingerprint density at radius 2 is 1.88 bits per heavy atom. The number of rotatable bonds is 6. The van der Waals surface area contributed by atoms with Crippen molar-refractivity contribution in [3.8, 4) is 5.75 Å². The maximum Gasteiger partial charge on any atom is 0.341 e. The van der Waals surface area contributed by atoms with Crippen molar-refractivity contribution in [2.75, 3.05) is 12.4 Å². The number of hydrogen-bond donors (Lipinski definition) is 1. The largest absolute Gasteiger partial charge is 0.488 e. The second kappa shape index (κ2) is 9.16. The van der Waals surface area contributed by atoms with Gasteiger partial charge in [0.05, 0.1) is 18.2 Å². The third kappa shape index (κ3) is 4.14. The topological polar surface area (TPSA) is 90.7 Å². The molecule has 4 rings (SSSR count). The van der Waals surface area contributed by atoms with E-state index in [4.69, 9.17) is 14.0 Å². The summed E-state index contributed by atoms with van der Waals surface area (Å²) in [5, 5.41) is 7.34. The number of amides is 1. The van der Waals surface area contributed by atoms with E-state index in [1.54, 1.807) is 6.92 Å². The van der Waals surface area contributed by atoms with Crippen LogP contribution in [0.1, 0.15) is 66.6 Å². The molecule has 7 nitrogen and oxygen atoms in total. The number of benzene rings is 1. The van der Waals surface area contributed by atoms with E-state index in [0.717, 1.165) is 53.0 Å². The first-order valence-electron chi connectivity index (χ1n) is 10.6. The Bertz CT molecular complexity index is 1160. The van der Waals surface area contributed by atoms with Crippen LogP contribution in [0.25, 0.3) is 0 Å². The highest BCUT2D eigenvalue weighted by molar-refractivity contribution is 7.17. The Morgan fingerprint density at radius 3 is 2.59 bits per heavy atom. The van der Waals surface area contributed by atoms with Gasteiger partial charge in [-0.1, -0.05) is 23.4 Å². The van der Waals surface area contributed by atoms with Gasteiger partial charge in [0.15, 0.2) is 5.69 Å². The van der Waals surface area contributed by atoms with Gasteiger partial charge >= 0.3 is 5.97 Å². The van der Waals surface area contributed by atoms with Crippen LogP contribution in [0.15, 0.2) is 22.7 Å². The molecule has 8 heteroatoms. The molecule has 32 heavy (non-hydrogen) atoms. The van der Waals surface area contributed by atoms with E-state index in [1.807, 2.05) is 32.0 Å². The molecule has 1 aliphatic rings. The van der Waals surface area contributed by atoms with Gasteiger partial charge in [-0.05, 0) is 63.1 Å². The van der Waals surface area contributed by atoms with Crippen molar-refractivity contribution >= 4 is 28.2 Å². The summed E-state index contributed by atoms with van der Waals surface area (Å²) >= 11 is 1.43. The fourth-order valence-corrected chi connectivity index (χ4v) is 5.32. The number of carbonyl (C=O) groups is 2. The van der Waals surface area contributed by atoms with Crippen molar-refractivity contribution < 1.29 is 23.6 Å². The number of ether oxygens (including phenoxy) is 2. The molecule has 1 N–H and O–H groups in total. The van der Waals surface area contributed by atoms with Gasteiger partial charge < -0.3 is 19.3 Å². The Labute approximate surface area is 190 Å². The van der Waals surface area contributed by atoms with E-state index >= 15 is 0 Å². The SMILES string of the molecule is COC(=O)c1c(NC(=O)c2noc(C)c2COc2c(C)cccc2C)sc2c1CCCC2. The first-order valence-corrected chi connectivity index (χ1v) is 11.4. The van der Waals surface area contributed by atoms with Crippen molar-refractivity contribution in [3.05, 3.63) is 62.3 Å². The average molecular weight is 455 g/mol. The first kappa shape index (κ1) is 22.1. The maximum absolute atomic E-state index is 13.1. The number of aromatic nitrogens is 1. The fourth-order valence-electron chi connectivity index (χ4n) is 4.04. The second-order valence-corrected chi connectivity index (χ2v) is 9.04. The van der Waals surface area contributed by atoms with Crippen LogP contribution in [0.3, 0.4) is 0 Å². The highest BCUT2D eigenvalue weighted by Gasteiger charge is 2.29. The van der Waals surface area contributed by atoms with E-state index in [0.29, 0.717) is 21.9 Å². The number of para-hydroxylation sites is 1. The molecule has 0 saturated carbocycles. The number of fused-ring (bicyclic) bond motifs is 1. The monoisotopic (exact) mass is 454 g/mol. The lowest BCUT2D eigenvalue weighted by Crippen LogP contribution is -2.17. The van der Waals surface area contributed by atoms with Gasteiger partial charge in [-0.3, -0.25) is 4.79 Å². The standard InChI is InChI=1S/C24H26N2O5S/c1-13-8-7-9-14(2)21(13)30-12-17-15(3)31-26-20(17)22(27)25-23-19(24(28)29-4)16-10-5-6-11-18(16)32-23/h7-9H,5-6,10-12H2,1-4H3,(H,25,27). The summed E-state index contributed by atoms with van der Waals surface area (Å²) in [6.07, 6.45) is 3.80. The Hall–Kier alpha value is -3.13. The number of methoxy groups -OCH3 is 1. The number of nitrogens with zero attached hydrogens (tertiary/aromatic N) is 1. The zero-order valence-electron chi connectivity index (χ0n) is 18.7. The van der Waals surface area contributed by atoms with Crippen molar-refractivity contribution in [1.82, 2.24) is 5.16 Å². The third-order valence-electron chi connectivity index (χ3n) is 5.76. The number of anilines is 1. The molecule has 0 atom stereocenters. The van der Waals surface area contributed by atoms with Gasteiger partial charge in [0.25, 0.3) is 5.91 Å². The Kier molecular flexibility index (Phi) is 6.32. The predicted octanol–water partition coefficient (Wildman–Crippen LogP) is 5.16. The summed E-state index contributed by atoms with van der Waals surface area (Å²) in [7, 11) is 1.35. The number of hydrogen-bond acceptors (Lipinski definition) is 7. The number of thiophene rings is 1. The van der Waals surface area contributed by atoms with Crippen LogP contribution in [0.4, 0.5) is 5.00 Å². The smallest absolute Gasteiger partial charge is 0.341 e. The van der Waals surface area contributed by atoms with E-state index in [-0.39, 0.29) is 12.3 Å². The molecular weight excluding hydrogens is 428 g/mol. The van der Waals surface area contributed by atoms with Crippen molar-refractivity contribution in [2.24, 2.45) is 0 Å². The number of nitrogens with one attached hydrogen (secondary N) is 1. The fraction of sp³-hybridized carbons (Fsp3) is 0.375. The van der Waals surface area contributed by atoms with Gasteiger partial charge in [-0.25, -0.2) is 4.79 Å². The molecule has 0 aliphatic heterocycles. The molecule has 0 saturated heterocycles. The van der Waals surface area contributed by atoms with Crippen LogP contribution < -0.4 is 10.1 Å². The highest BCUT2D eigenvalue weighted by Crippen LogP contribution is 2.39. The quantitative estimate of drug-likeness (QED) is 0.518. The molecule has 0 radical (unpaired) electrons. The summed E-state index contributed by atoms with van der Waals surface area (Å²) in [6, 6.07) is 5.92. The molecule has 1 aromatic carbocycles. The highest BCUT2D eigenvalue weighted by atomic mass is 32.1. The third-order valence-corrected chi connectivity index (χ3v) is 6.96. The Balaban J connectivity index is 1.59. The van der Waals surface area contributed by atoms with E-state index < -0.39 is 11.9 Å². The molecule has 3 aromatic rings. The van der Waals surface area contributed by atoms with Crippen molar-refractivity contribution in [2.45, 2.75) is 53.1 Å². The minimum Gasteiger partial charge on any atom is -0.488 e. The lowest BCUT2D eigenvalue weighted by Gasteiger charge is -2.12. The summed E-state index contributed by atoms with van der Waals surface area (Å²) < 4.78 is 16.3. The van der Waals surface area contributed by atoms with Crippen LogP contribution in [0.2, 0.25) is 0 Å². The van der Waals surface area contributed by atoms with Crippen LogP contribution in [0, 0.1) is 20.8 Å². The maximum atomic E-state index is 13.1. The molecule has 1 aliphatic carbocycles. The summed E-state index contributed by atoms with van der Waals surface area (Å²) in [6.45, 7) is 5.85. The molecule has 2 heterocycles. The van der Waals surface area contributed by atoms with Crippen LogP contribution in [-0.4, -0.2) is 24.1 Å². The molecule has 0 unspecified atom stereocenters. The van der Waals surface area contributed by atoms with Crippen molar-refractivity contribution in [3.63, 3.8) is 0 Å². The molecule has 1 amide bonds. The lowest BCUT2D eigenvalue weighted by atomic mass is 9.95.